The van der Waals surface area contributed by atoms with E-state index in [2.05, 4.69) is 164 Å². The zero-order chi connectivity index (χ0) is 29.0. The van der Waals surface area contributed by atoms with Gasteiger partial charge in [0, 0.05) is 21.7 Å². The number of benzene rings is 8. The van der Waals surface area contributed by atoms with Crippen LogP contribution in [0.25, 0.3) is 87.5 Å². The fraction of sp³-hybridized carbons (Fsp3) is 0. The van der Waals surface area contributed by atoms with Crippen molar-refractivity contribution in [2.24, 2.45) is 0 Å². The number of fused-ring (bicyclic) bond motifs is 8. The van der Waals surface area contributed by atoms with Gasteiger partial charge in [-0.2, -0.15) is 0 Å². The molecule has 0 radical (unpaired) electrons. The molecule has 0 fully saturated rings. The molecule has 0 amide bonds. The first-order valence-electron chi connectivity index (χ1n) is 15.1. The summed E-state index contributed by atoms with van der Waals surface area (Å²) in [7, 11) is 0. The number of hydrogen-bond donors (Lipinski definition) is 0. The Morgan fingerprint density at radius 2 is 0.841 bits per heavy atom. The lowest BCUT2D eigenvalue weighted by molar-refractivity contribution is 1.43. The van der Waals surface area contributed by atoms with Crippen molar-refractivity contribution in [2.45, 2.75) is 0 Å². The van der Waals surface area contributed by atoms with Gasteiger partial charge in [0.25, 0.3) is 0 Å². The van der Waals surface area contributed by atoms with Gasteiger partial charge in [-0.25, -0.2) is 4.98 Å². The van der Waals surface area contributed by atoms with E-state index in [4.69, 9.17) is 4.98 Å². The molecule has 1 heteroatoms. The van der Waals surface area contributed by atoms with E-state index >= 15 is 0 Å². The molecule has 0 saturated carbocycles. The van der Waals surface area contributed by atoms with E-state index in [9.17, 15) is 0 Å². The van der Waals surface area contributed by atoms with Gasteiger partial charge >= 0.3 is 0 Å². The maximum atomic E-state index is 5.18. The average Bonchev–Trinajstić information content (AvgIpc) is 3.11. The highest BCUT2D eigenvalue weighted by molar-refractivity contribution is 6.22. The van der Waals surface area contributed by atoms with E-state index in [1.54, 1.807) is 0 Å². The quantitative estimate of drug-likeness (QED) is 0.197. The average molecular weight is 558 g/mol. The van der Waals surface area contributed by atoms with Crippen LogP contribution in [0.4, 0.5) is 0 Å². The molecule has 0 N–H and O–H groups in total. The van der Waals surface area contributed by atoms with Gasteiger partial charge in [-0.15, -0.1) is 0 Å². The third-order valence-electron chi connectivity index (χ3n) is 9.02. The minimum Gasteiger partial charge on any atom is -0.247 e. The van der Waals surface area contributed by atoms with Crippen LogP contribution in [0.2, 0.25) is 0 Å². The predicted molar refractivity (Wildman–Crippen MR) is 188 cm³/mol. The Kier molecular flexibility index (Phi) is 5.57. The third-order valence-corrected chi connectivity index (χ3v) is 9.02. The summed E-state index contributed by atoms with van der Waals surface area (Å²) in [5.74, 6) is 0. The highest BCUT2D eigenvalue weighted by Gasteiger charge is 2.13. The summed E-state index contributed by atoms with van der Waals surface area (Å²) in [5.41, 5.74) is 8.01. The largest absolute Gasteiger partial charge is 0.247 e. The van der Waals surface area contributed by atoms with Crippen molar-refractivity contribution < 1.29 is 0 Å². The summed E-state index contributed by atoms with van der Waals surface area (Å²) >= 11 is 0. The third kappa shape index (κ3) is 3.98. The summed E-state index contributed by atoms with van der Waals surface area (Å²) < 4.78 is 0. The minimum atomic E-state index is 1.02. The topological polar surface area (TPSA) is 12.9 Å². The van der Waals surface area contributed by atoms with Crippen molar-refractivity contribution in [3.8, 4) is 33.5 Å². The Morgan fingerprint density at radius 3 is 1.66 bits per heavy atom. The van der Waals surface area contributed by atoms with Crippen LogP contribution in [0.1, 0.15) is 0 Å². The van der Waals surface area contributed by atoms with Crippen molar-refractivity contribution in [3.05, 3.63) is 164 Å². The molecule has 44 heavy (non-hydrogen) atoms. The van der Waals surface area contributed by atoms with Crippen LogP contribution in [-0.4, -0.2) is 4.98 Å². The maximum Gasteiger partial charge on any atom is 0.0788 e. The molecule has 0 aliphatic carbocycles. The fourth-order valence-electron chi connectivity index (χ4n) is 6.82. The molecule has 0 aliphatic heterocycles. The number of para-hydroxylation sites is 1. The second-order valence-corrected chi connectivity index (χ2v) is 11.6. The van der Waals surface area contributed by atoms with Gasteiger partial charge in [-0.3, -0.25) is 0 Å². The zero-order valence-electron chi connectivity index (χ0n) is 24.0. The smallest absolute Gasteiger partial charge is 0.0788 e. The van der Waals surface area contributed by atoms with E-state index in [-0.39, 0.29) is 0 Å². The number of aromatic nitrogens is 1. The van der Waals surface area contributed by atoms with Crippen molar-refractivity contribution in [1.29, 1.82) is 0 Å². The summed E-state index contributed by atoms with van der Waals surface area (Å²) in [6.07, 6.45) is 0. The Morgan fingerprint density at radius 1 is 0.295 bits per heavy atom. The zero-order valence-corrected chi connectivity index (χ0v) is 24.0. The molecular formula is C43H27N. The fourth-order valence-corrected chi connectivity index (χ4v) is 6.82. The van der Waals surface area contributed by atoms with Crippen LogP contribution < -0.4 is 0 Å². The van der Waals surface area contributed by atoms with Gasteiger partial charge in [-0.1, -0.05) is 146 Å². The highest BCUT2D eigenvalue weighted by Crippen LogP contribution is 2.38. The SMILES string of the molecule is c1cc(-c2ccc(-c3nc4ccccc4c4c3ccc3ccccc34)cc2)cc(-c2ccc3ccc4ccccc4c3c2)c1. The summed E-state index contributed by atoms with van der Waals surface area (Å²) in [6, 6.07) is 59.2. The molecule has 0 unspecified atom stereocenters. The van der Waals surface area contributed by atoms with Crippen LogP contribution in [0.3, 0.4) is 0 Å². The van der Waals surface area contributed by atoms with Crippen LogP contribution in [-0.2, 0) is 0 Å². The van der Waals surface area contributed by atoms with Gasteiger partial charge < -0.3 is 0 Å². The molecule has 8 aromatic carbocycles. The molecule has 0 aliphatic rings. The highest BCUT2D eigenvalue weighted by atomic mass is 14.7. The Labute approximate surface area is 255 Å². The molecule has 0 atom stereocenters. The number of nitrogens with zero attached hydrogens (tertiary/aromatic N) is 1. The van der Waals surface area contributed by atoms with E-state index in [0.717, 1.165) is 16.8 Å². The van der Waals surface area contributed by atoms with Crippen LogP contribution in [0.15, 0.2) is 164 Å². The Balaban J connectivity index is 1.14. The minimum absolute atomic E-state index is 1.02. The van der Waals surface area contributed by atoms with Crippen LogP contribution in [0.5, 0.6) is 0 Å². The normalized spacial score (nSPS) is 11.6. The first-order chi connectivity index (χ1) is 21.8. The summed E-state index contributed by atoms with van der Waals surface area (Å²) in [6.45, 7) is 0. The van der Waals surface area contributed by atoms with Gasteiger partial charge in [0.2, 0.25) is 0 Å². The van der Waals surface area contributed by atoms with Gasteiger partial charge in [-0.05, 0) is 72.8 Å². The molecule has 9 aromatic rings. The first kappa shape index (κ1) is 24.8. The van der Waals surface area contributed by atoms with Gasteiger partial charge in [0.05, 0.1) is 11.2 Å². The first-order valence-corrected chi connectivity index (χ1v) is 15.1. The molecule has 9 rings (SSSR count). The van der Waals surface area contributed by atoms with E-state index < -0.39 is 0 Å². The lowest BCUT2D eigenvalue weighted by Crippen LogP contribution is -1.91. The second-order valence-electron chi connectivity index (χ2n) is 11.6. The molecule has 204 valence electrons. The maximum absolute atomic E-state index is 5.18. The number of hydrogen-bond acceptors (Lipinski definition) is 1. The number of pyridine rings is 1. The van der Waals surface area contributed by atoms with Crippen molar-refractivity contribution in [2.75, 3.05) is 0 Å². The Bertz CT molecular complexity index is 2520. The predicted octanol–water partition coefficient (Wildman–Crippen LogP) is 11.8. The van der Waals surface area contributed by atoms with Gasteiger partial charge in [0.15, 0.2) is 0 Å². The Hall–Kier alpha value is -5.79. The van der Waals surface area contributed by atoms with E-state index in [1.165, 1.54) is 70.7 Å². The molecule has 0 saturated heterocycles. The number of rotatable bonds is 3. The van der Waals surface area contributed by atoms with Crippen LogP contribution >= 0.6 is 0 Å². The van der Waals surface area contributed by atoms with E-state index in [1.807, 2.05) is 0 Å². The monoisotopic (exact) mass is 557 g/mol. The van der Waals surface area contributed by atoms with E-state index in [0.29, 0.717) is 0 Å². The molecule has 1 nitrogen and oxygen atoms in total. The van der Waals surface area contributed by atoms with Crippen molar-refractivity contribution in [1.82, 2.24) is 4.98 Å². The lowest BCUT2D eigenvalue weighted by Gasteiger charge is -2.13. The molecule has 0 spiro atoms. The van der Waals surface area contributed by atoms with Crippen molar-refractivity contribution in [3.63, 3.8) is 0 Å². The molecule has 1 heterocycles. The van der Waals surface area contributed by atoms with Gasteiger partial charge in [0.1, 0.15) is 0 Å². The second kappa shape index (κ2) is 9.90. The molecular weight excluding hydrogens is 530 g/mol. The molecule has 1 aromatic heterocycles. The summed E-state index contributed by atoms with van der Waals surface area (Å²) in [5, 5.41) is 11.3. The van der Waals surface area contributed by atoms with Crippen molar-refractivity contribution >= 4 is 54.0 Å². The standard InChI is InChI=1S/C43H27N/c1-3-12-36-29(8-1)18-19-31-20-23-35(27-40(31)36)34-11-7-10-33(26-34)28-16-21-32(22-17-28)43-39-25-24-30-9-2-4-13-37(30)42(39)38-14-5-6-15-41(38)44-43/h1-27H. The van der Waals surface area contributed by atoms with Crippen LogP contribution in [0, 0.1) is 0 Å². The lowest BCUT2D eigenvalue weighted by atomic mass is 9.93. The summed E-state index contributed by atoms with van der Waals surface area (Å²) in [4.78, 5) is 5.18. The molecule has 0 bridgehead atoms.